The first-order chi connectivity index (χ1) is 8.83. The second-order valence-corrected chi connectivity index (χ2v) is 4.26. The Morgan fingerprint density at radius 3 is 2.78 bits per heavy atom. The zero-order valence-electron chi connectivity index (χ0n) is 9.47. The number of benzene rings is 1. The standard InChI is InChI=1S/C14H10ClN3/c15-11-5-2-1-4-10(11)7-8-13-17-12-6-3-9-16-14(12)18-13/h1-9H,(H,16,17,18)/b8-7+. The summed E-state index contributed by atoms with van der Waals surface area (Å²) in [7, 11) is 0. The fourth-order valence-electron chi connectivity index (χ4n) is 1.72. The number of H-pyrrole nitrogens is 1. The minimum absolute atomic E-state index is 0.719. The van der Waals surface area contributed by atoms with Crippen LogP contribution in [0.25, 0.3) is 23.3 Å². The Morgan fingerprint density at radius 2 is 1.94 bits per heavy atom. The predicted octanol–water partition coefficient (Wildman–Crippen LogP) is 3.78. The van der Waals surface area contributed by atoms with E-state index in [4.69, 9.17) is 11.6 Å². The Labute approximate surface area is 109 Å². The van der Waals surface area contributed by atoms with E-state index in [0.29, 0.717) is 0 Å². The first-order valence-corrected chi connectivity index (χ1v) is 5.94. The molecule has 2 aromatic heterocycles. The van der Waals surface area contributed by atoms with Crippen LogP contribution in [-0.4, -0.2) is 15.0 Å². The van der Waals surface area contributed by atoms with Crippen molar-refractivity contribution in [3.05, 3.63) is 59.0 Å². The van der Waals surface area contributed by atoms with Gasteiger partial charge in [0.1, 0.15) is 5.82 Å². The molecule has 3 aromatic rings. The van der Waals surface area contributed by atoms with Crippen LogP contribution in [0.5, 0.6) is 0 Å². The van der Waals surface area contributed by atoms with Gasteiger partial charge in [0.25, 0.3) is 0 Å². The van der Waals surface area contributed by atoms with Gasteiger partial charge in [0.2, 0.25) is 0 Å². The van der Waals surface area contributed by atoms with Crippen molar-refractivity contribution >= 4 is 34.9 Å². The smallest absolute Gasteiger partial charge is 0.178 e. The first kappa shape index (κ1) is 11.0. The number of hydrogen-bond donors (Lipinski definition) is 1. The normalized spacial score (nSPS) is 11.4. The second kappa shape index (κ2) is 4.63. The molecule has 1 aromatic carbocycles. The lowest BCUT2D eigenvalue weighted by Gasteiger charge is -1.95. The molecule has 18 heavy (non-hydrogen) atoms. The van der Waals surface area contributed by atoms with Gasteiger partial charge in [-0.1, -0.05) is 29.8 Å². The van der Waals surface area contributed by atoms with Gasteiger partial charge in [-0.05, 0) is 35.9 Å². The van der Waals surface area contributed by atoms with Crippen LogP contribution in [0.1, 0.15) is 11.4 Å². The van der Waals surface area contributed by atoms with Crippen LogP contribution in [0, 0.1) is 0 Å². The van der Waals surface area contributed by atoms with Gasteiger partial charge in [-0.3, -0.25) is 0 Å². The van der Waals surface area contributed by atoms with Crippen molar-refractivity contribution in [1.29, 1.82) is 0 Å². The number of halogens is 1. The van der Waals surface area contributed by atoms with Crippen molar-refractivity contribution in [1.82, 2.24) is 15.0 Å². The van der Waals surface area contributed by atoms with Crippen LogP contribution in [0.2, 0.25) is 5.02 Å². The maximum atomic E-state index is 6.07. The summed E-state index contributed by atoms with van der Waals surface area (Å²) in [6.07, 6.45) is 5.55. The highest BCUT2D eigenvalue weighted by Gasteiger charge is 2.00. The molecule has 0 aliphatic carbocycles. The molecule has 0 aliphatic heterocycles. The molecule has 4 heteroatoms. The van der Waals surface area contributed by atoms with Crippen LogP contribution in [0.3, 0.4) is 0 Å². The molecule has 0 bridgehead atoms. The summed E-state index contributed by atoms with van der Waals surface area (Å²) >= 11 is 6.07. The van der Waals surface area contributed by atoms with Gasteiger partial charge >= 0.3 is 0 Å². The lowest BCUT2D eigenvalue weighted by atomic mass is 10.2. The van der Waals surface area contributed by atoms with Crippen LogP contribution < -0.4 is 0 Å². The molecule has 3 rings (SSSR count). The van der Waals surface area contributed by atoms with Crippen LogP contribution in [0.4, 0.5) is 0 Å². The fraction of sp³-hybridized carbons (Fsp3) is 0. The van der Waals surface area contributed by atoms with Crippen LogP contribution in [-0.2, 0) is 0 Å². The zero-order valence-corrected chi connectivity index (χ0v) is 10.2. The number of aromatic amines is 1. The van der Waals surface area contributed by atoms with E-state index in [1.54, 1.807) is 6.20 Å². The molecule has 0 amide bonds. The molecule has 1 N–H and O–H groups in total. The Balaban J connectivity index is 1.95. The highest BCUT2D eigenvalue weighted by atomic mass is 35.5. The SMILES string of the molecule is Clc1ccccc1/C=C/c1nc2ncccc2[nH]1. The van der Waals surface area contributed by atoms with Crippen LogP contribution in [0.15, 0.2) is 42.6 Å². The molecule has 0 radical (unpaired) electrons. The largest absolute Gasteiger partial charge is 0.337 e. The van der Waals surface area contributed by atoms with E-state index in [1.807, 2.05) is 48.6 Å². The van der Waals surface area contributed by atoms with Gasteiger partial charge in [0.15, 0.2) is 5.65 Å². The zero-order chi connectivity index (χ0) is 12.4. The molecule has 88 valence electrons. The number of imidazole rings is 1. The number of nitrogens with one attached hydrogen (secondary N) is 1. The monoisotopic (exact) mass is 255 g/mol. The van der Waals surface area contributed by atoms with Gasteiger partial charge in [-0.25, -0.2) is 9.97 Å². The van der Waals surface area contributed by atoms with Gasteiger partial charge in [-0.2, -0.15) is 0 Å². The summed E-state index contributed by atoms with van der Waals surface area (Å²) in [5, 5.41) is 0.725. The summed E-state index contributed by atoms with van der Waals surface area (Å²) in [6, 6.07) is 11.5. The third-order valence-electron chi connectivity index (χ3n) is 2.60. The first-order valence-electron chi connectivity index (χ1n) is 5.56. The topological polar surface area (TPSA) is 41.6 Å². The fourth-order valence-corrected chi connectivity index (χ4v) is 1.92. The Hall–Kier alpha value is -2.13. The lowest BCUT2D eigenvalue weighted by molar-refractivity contribution is 1.27. The Morgan fingerprint density at radius 1 is 1.06 bits per heavy atom. The predicted molar refractivity (Wildman–Crippen MR) is 74.3 cm³/mol. The highest BCUT2D eigenvalue weighted by Crippen LogP contribution is 2.17. The summed E-state index contributed by atoms with van der Waals surface area (Å²) in [4.78, 5) is 11.7. The second-order valence-electron chi connectivity index (χ2n) is 3.85. The third-order valence-corrected chi connectivity index (χ3v) is 2.95. The molecule has 3 nitrogen and oxygen atoms in total. The lowest BCUT2D eigenvalue weighted by Crippen LogP contribution is -1.76. The molecular formula is C14H10ClN3. The van der Waals surface area contributed by atoms with E-state index in [-0.39, 0.29) is 0 Å². The maximum Gasteiger partial charge on any atom is 0.178 e. The molecule has 0 saturated heterocycles. The molecular weight excluding hydrogens is 246 g/mol. The van der Waals surface area contributed by atoms with Crippen LogP contribution >= 0.6 is 11.6 Å². The number of rotatable bonds is 2. The van der Waals surface area contributed by atoms with Gasteiger partial charge < -0.3 is 4.98 Å². The van der Waals surface area contributed by atoms with Crippen molar-refractivity contribution in [2.45, 2.75) is 0 Å². The van der Waals surface area contributed by atoms with E-state index >= 15 is 0 Å². The number of nitrogens with zero attached hydrogens (tertiary/aromatic N) is 2. The van der Waals surface area contributed by atoms with E-state index in [2.05, 4.69) is 15.0 Å². The molecule has 0 atom stereocenters. The third kappa shape index (κ3) is 2.13. The average molecular weight is 256 g/mol. The van der Waals surface area contributed by atoms with E-state index in [0.717, 1.165) is 27.6 Å². The minimum Gasteiger partial charge on any atom is -0.337 e. The van der Waals surface area contributed by atoms with Gasteiger partial charge in [-0.15, -0.1) is 0 Å². The van der Waals surface area contributed by atoms with Crippen molar-refractivity contribution in [3.63, 3.8) is 0 Å². The average Bonchev–Trinajstić information content (AvgIpc) is 2.80. The van der Waals surface area contributed by atoms with E-state index in [9.17, 15) is 0 Å². The molecule has 2 heterocycles. The Kier molecular flexibility index (Phi) is 2.82. The number of hydrogen-bond acceptors (Lipinski definition) is 2. The quantitative estimate of drug-likeness (QED) is 0.757. The highest BCUT2D eigenvalue weighted by molar-refractivity contribution is 6.32. The molecule has 0 unspecified atom stereocenters. The summed E-state index contributed by atoms with van der Waals surface area (Å²) in [6.45, 7) is 0. The number of fused-ring (bicyclic) bond motifs is 1. The number of pyridine rings is 1. The molecule has 0 saturated carbocycles. The number of aromatic nitrogens is 3. The van der Waals surface area contributed by atoms with Crippen molar-refractivity contribution in [3.8, 4) is 0 Å². The molecule has 0 aliphatic rings. The van der Waals surface area contributed by atoms with E-state index < -0.39 is 0 Å². The Bertz CT molecular complexity index is 683. The summed E-state index contributed by atoms with van der Waals surface area (Å²) in [5.74, 6) is 0.767. The minimum atomic E-state index is 0.719. The van der Waals surface area contributed by atoms with Gasteiger partial charge in [0.05, 0.1) is 5.52 Å². The molecule has 0 spiro atoms. The van der Waals surface area contributed by atoms with E-state index in [1.165, 1.54) is 0 Å². The van der Waals surface area contributed by atoms with Crippen molar-refractivity contribution < 1.29 is 0 Å². The van der Waals surface area contributed by atoms with Crippen molar-refractivity contribution in [2.24, 2.45) is 0 Å². The maximum absolute atomic E-state index is 6.07. The van der Waals surface area contributed by atoms with Gasteiger partial charge in [0, 0.05) is 11.2 Å². The summed E-state index contributed by atoms with van der Waals surface area (Å²) < 4.78 is 0. The summed E-state index contributed by atoms with van der Waals surface area (Å²) in [5.41, 5.74) is 2.61. The molecule has 0 fully saturated rings. The van der Waals surface area contributed by atoms with Crippen molar-refractivity contribution in [2.75, 3.05) is 0 Å².